The van der Waals surface area contributed by atoms with Gasteiger partial charge in [-0.1, -0.05) is 5.92 Å². The molecule has 19 heavy (non-hydrogen) atoms. The largest absolute Gasteiger partial charge is 0.462 e. The van der Waals surface area contributed by atoms with Gasteiger partial charge >= 0.3 is 5.97 Å². The maximum Gasteiger partial charge on any atom is 0.341 e. The topological polar surface area (TPSA) is 80.3 Å². The first kappa shape index (κ1) is 14.5. The summed E-state index contributed by atoms with van der Waals surface area (Å²) in [6.07, 6.45) is 6.54. The number of nitrogens with one attached hydrogen (secondary N) is 2. The monoisotopic (exact) mass is 261 g/mol. The first-order valence-corrected chi connectivity index (χ1v) is 5.75. The molecule has 1 aromatic heterocycles. The quantitative estimate of drug-likeness (QED) is 0.573. The molecule has 6 nitrogen and oxygen atoms in total. The van der Waals surface area contributed by atoms with Gasteiger partial charge in [-0.05, 0) is 19.1 Å². The number of hydrogen-bond donors (Lipinski definition) is 2. The van der Waals surface area contributed by atoms with Gasteiger partial charge in [0.15, 0.2) is 0 Å². The summed E-state index contributed by atoms with van der Waals surface area (Å²) in [7, 11) is 0. The van der Waals surface area contributed by atoms with Crippen LogP contribution in [0.3, 0.4) is 0 Å². The zero-order valence-electron chi connectivity index (χ0n) is 10.6. The van der Waals surface area contributed by atoms with Crippen LogP contribution in [0, 0.1) is 12.3 Å². The fraction of sp³-hybridized carbons (Fsp3) is 0.308. The van der Waals surface area contributed by atoms with Gasteiger partial charge < -0.3 is 15.4 Å². The van der Waals surface area contributed by atoms with Gasteiger partial charge in [0.2, 0.25) is 5.91 Å². The van der Waals surface area contributed by atoms with Crippen LogP contribution in [0.4, 0.5) is 5.82 Å². The normalized spacial score (nSPS) is 9.26. The van der Waals surface area contributed by atoms with Gasteiger partial charge in [0, 0.05) is 6.20 Å². The molecule has 0 unspecified atom stereocenters. The van der Waals surface area contributed by atoms with Crippen LogP contribution >= 0.6 is 0 Å². The van der Waals surface area contributed by atoms with Crippen LogP contribution in [0.1, 0.15) is 17.3 Å². The third-order valence-corrected chi connectivity index (χ3v) is 2.11. The van der Waals surface area contributed by atoms with E-state index < -0.39 is 5.97 Å². The van der Waals surface area contributed by atoms with E-state index in [9.17, 15) is 9.59 Å². The van der Waals surface area contributed by atoms with Crippen molar-refractivity contribution in [2.75, 3.05) is 25.0 Å². The number of carbonyl (C=O) groups is 2. The lowest BCUT2D eigenvalue weighted by molar-refractivity contribution is -0.119. The molecule has 0 saturated heterocycles. The Bertz CT molecular complexity index is 494. The Labute approximate surface area is 111 Å². The van der Waals surface area contributed by atoms with Crippen LogP contribution in [0.2, 0.25) is 0 Å². The third-order valence-electron chi connectivity index (χ3n) is 2.11. The Morgan fingerprint density at radius 1 is 1.53 bits per heavy atom. The van der Waals surface area contributed by atoms with E-state index in [1.165, 1.54) is 6.20 Å². The van der Waals surface area contributed by atoms with Gasteiger partial charge in [0.1, 0.15) is 11.4 Å². The summed E-state index contributed by atoms with van der Waals surface area (Å²) < 4.78 is 4.89. The second-order valence-electron chi connectivity index (χ2n) is 3.45. The molecule has 1 aromatic rings. The van der Waals surface area contributed by atoms with Crippen LogP contribution in [0.5, 0.6) is 0 Å². The summed E-state index contributed by atoms with van der Waals surface area (Å²) in [5, 5.41) is 5.26. The Balaban J connectivity index is 2.66. The molecule has 0 fully saturated rings. The minimum absolute atomic E-state index is 0.0227. The zero-order chi connectivity index (χ0) is 14.1. The van der Waals surface area contributed by atoms with E-state index in [2.05, 4.69) is 21.5 Å². The molecular formula is C13H15N3O3. The fourth-order valence-electron chi connectivity index (χ4n) is 1.30. The summed E-state index contributed by atoms with van der Waals surface area (Å²) in [4.78, 5) is 27.0. The van der Waals surface area contributed by atoms with E-state index in [4.69, 9.17) is 11.2 Å². The molecule has 0 saturated carbocycles. The highest BCUT2D eigenvalue weighted by atomic mass is 16.5. The number of amides is 1. The minimum atomic E-state index is -0.484. The number of anilines is 1. The molecule has 0 aliphatic rings. The zero-order valence-corrected chi connectivity index (χ0v) is 10.6. The Kier molecular flexibility index (Phi) is 5.89. The van der Waals surface area contributed by atoms with Gasteiger partial charge in [-0.2, -0.15) is 0 Å². The van der Waals surface area contributed by atoms with E-state index in [0.29, 0.717) is 5.82 Å². The SMILES string of the molecule is C#CCNC(=O)CNc1ncccc1C(=O)OCC. The van der Waals surface area contributed by atoms with Crippen molar-refractivity contribution in [3.63, 3.8) is 0 Å². The van der Waals surface area contributed by atoms with Crippen molar-refractivity contribution in [2.45, 2.75) is 6.92 Å². The van der Waals surface area contributed by atoms with Gasteiger partial charge in [-0.15, -0.1) is 6.42 Å². The molecule has 0 atom stereocenters. The van der Waals surface area contributed by atoms with Gasteiger partial charge in [0.25, 0.3) is 0 Å². The summed E-state index contributed by atoms with van der Waals surface area (Å²) >= 11 is 0. The van der Waals surface area contributed by atoms with Crippen molar-refractivity contribution in [2.24, 2.45) is 0 Å². The Morgan fingerprint density at radius 3 is 3.00 bits per heavy atom. The summed E-state index contributed by atoms with van der Waals surface area (Å²) in [6, 6.07) is 3.20. The van der Waals surface area contributed by atoms with Crippen LogP contribution in [-0.2, 0) is 9.53 Å². The second kappa shape index (κ2) is 7.71. The number of terminal acetylenes is 1. The Hall–Kier alpha value is -2.55. The maximum atomic E-state index is 11.7. The van der Waals surface area contributed by atoms with E-state index in [1.54, 1.807) is 19.1 Å². The number of esters is 1. The van der Waals surface area contributed by atoms with E-state index >= 15 is 0 Å². The van der Waals surface area contributed by atoms with Crippen molar-refractivity contribution >= 4 is 17.7 Å². The molecule has 100 valence electrons. The number of aromatic nitrogens is 1. The molecule has 6 heteroatoms. The summed E-state index contributed by atoms with van der Waals surface area (Å²) in [5.41, 5.74) is 0.286. The molecular weight excluding hydrogens is 246 g/mol. The van der Waals surface area contributed by atoms with E-state index in [-0.39, 0.29) is 31.2 Å². The number of ether oxygens (including phenoxy) is 1. The summed E-state index contributed by atoms with van der Waals surface area (Å²) in [5.74, 6) is 1.83. The highest BCUT2D eigenvalue weighted by Crippen LogP contribution is 2.12. The lowest BCUT2D eigenvalue weighted by Crippen LogP contribution is -2.30. The number of pyridine rings is 1. The average Bonchev–Trinajstić information content (AvgIpc) is 2.43. The third kappa shape index (κ3) is 4.68. The molecule has 2 N–H and O–H groups in total. The van der Waals surface area contributed by atoms with Crippen LogP contribution < -0.4 is 10.6 Å². The smallest absolute Gasteiger partial charge is 0.341 e. The van der Waals surface area contributed by atoms with E-state index in [0.717, 1.165) is 0 Å². The van der Waals surface area contributed by atoms with Crippen LogP contribution in [0.25, 0.3) is 0 Å². The molecule has 0 spiro atoms. The highest BCUT2D eigenvalue weighted by Gasteiger charge is 2.13. The van der Waals surface area contributed by atoms with Crippen molar-refractivity contribution in [3.05, 3.63) is 23.9 Å². The predicted molar refractivity (Wildman–Crippen MR) is 70.5 cm³/mol. The van der Waals surface area contributed by atoms with Crippen molar-refractivity contribution in [3.8, 4) is 12.3 Å². The maximum absolute atomic E-state index is 11.7. The molecule has 1 heterocycles. The van der Waals surface area contributed by atoms with Gasteiger partial charge in [-0.25, -0.2) is 9.78 Å². The van der Waals surface area contributed by atoms with Crippen LogP contribution in [-0.4, -0.2) is 36.6 Å². The van der Waals surface area contributed by atoms with Gasteiger partial charge in [-0.3, -0.25) is 4.79 Å². The lowest BCUT2D eigenvalue weighted by Gasteiger charge is -2.09. The Morgan fingerprint density at radius 2 is 2.32 bits per heavy atom. The second-order valence-corrected chi connectivity index (χ2v) is 3.45. The standard InChI is InChI=1S/C13H15N3O3/c1-3-7-14-11(17)9-16-12-10(6-5-8-15-12)13(18)19-4-2/h1,5-6,8H,4,7,9H2,2H3,(H,14,17)(H,15,16). The average molecular weight is 261 g/mol. The summed E-state index contributed by atoms with van der Waals surface area (Å²) in [6.45, 7) is 2.13. The highest BCUT2D eigenvalue weighted by molar-refractivity contribution is 5.95. The minimum Gasteiger partial charge on any atom is -0.462 e. The molecule has 0 bridgehead atoms. The molecule has 0 aliphatic heterocycles. The number of nitrogens with zero attached hydrogens (tertiary/aromatic N) is 1. The van der Waals surface area contributed by atoms with Crippen LogP contribution in [0.15, 0.2) is 18.3 Å². The molecule has 1 amide bonds. The first-order chi connectivity index (χ1) is 9.19. The number of rotatable bonds is 6. The molecule has 0 aliphatic carbocycles. The first-order valence-electron chi connectivity index (χ1n) is 5.75. The number of carbonyl (C=O) groups excluding carboxylic acids is 2. The molecule has 1 rings (SSSR count). The lowest BCUT2D eigenvalue weighted by atomic mass is 10.2. The van der Waals surface area contributed by atoms with Crippen molar-refractivity contribution in [1.82, 2.24) is 10.3 Å². The van der Waals surface area contributed by atoms with Crippen molar-refractivity contribution in [1.29, 1.82) is 0 Å². The number of hydrogen-bond acceptors (Lipinski definition) is 5. The molecule has 0 aromatic carbocycles. The van der Waals surface area contributed by atoms with Gasteiger partial charge in [0.05, 0.1) is 19.7 Å². The predicted octanol–water partition coefficient (Wildman–Crippen LogP) is 0.420. The van der Waals surface area contributed by atoms with E-state index in [1.807, 2.05) is 0 Å². The molecule has 0 radical (unpaired) electrons. The van der Waals surface area contributed by atoms with Crippen molar-refractivity contribution < 1.29 is 14.3 Å². The fourth-order valence-corrected chi connectivity index (χ4v) is 1.30.